The summed E-state index contributed by atoms with van der Waals surface area (Å²) in [6, 6.07) is 10.9. The van der Waals surface area contributed by atoms with Gasteiger partial charge in [0.15, 0.2) is 0 Å². The molecule has 10 heteroatoms. The van der Waals surface area contributed by atoms with Gasteiger partial charge in [-0.25, -0.2) is 9.67 Å². The van der Waals surface area contributed by atoms with Gasteiger partial charge in [-0.3, -0.25) is 15.1 Å². The number of nitrogens with one attached hydrogen (secondary N) is 1. The average Bonchev–Trinajstić information content (AvgIpc) is 3.91. The first-order chi connectivity index (χ1) is 20.8. The van der Waals surface area contributed by atoms with E-state index in [0.29, 0.717) is 47.6 Å². The van der Waals surface area contributed by atoms with Crippen molar-refractivity contribution in [2.75, 3.05) is 44.0 Å². The van der Waals surface area contributed by atoms with E-state index in [1.54, 1.807) is 10.9 Å². The lowest BCUT2D eigenvalue weighted by Gasteiger charge is -2.26. The fourth-order valence-electron chi connectivity index (χ4n) is 6.46. The molecule has 4 heterocycles. The van der Waals surface area contributed by atoms with Gasteiger partial charge in [-0.2, -0.15) is 5.10 Å². The van der Waals surface area contributed by atoms with E-state index in [4.69, 9.17) is 14.7 Å². The number of benzene rings is 1. The van der Waals surface area contributed by atoms with Gasteiger partial charge >= 0.3 is 0 Å². The number of hydrogen-bond donors (Lipinski definition) is 1. The van der Waals surface area contributed by atoms with E-state index < -0.39 is 0 Å². The topological polar surface area (TPSA) is 93.3 Å². The third kappa shape index (κ3) is 5.85. The molecule has 1 amide bonds. The van der Waals surface area contributed by atoms with Crippen LogP contribution in [0.2, 0.25) is 0 Å². The Morgan fingerprint density at radius 2 is 1.86 bits per heavy atom. The van der Waals surface area contributed by atoms with Crippen molar-refractivity contribution in [1.82, 2.24) is 29.2 Å². The maximum atomic E-state index is 13.8. The average molecular weight is 583 g/mol. The Hall–Kier alpha value is -3.92. The standard InChI is InChI=1S/C33H42N8O2/c1-21-16-24-17-29(35-21)27-19-34-39(4)32(27)43-15-5-6-23(22-7-8-22)20-41-30-18-26(40(25-9-10-25)14-13-38(2)3)11-12-28(30)36-33(41)37-31(24)42/h11-12,16-19,22-23,25H,5-10,13-15,20H2,1-4H3,(H,36,37,42). The Bertz CT molecular complexity index is 1650. The van der Waals surface area contributed by atoms with Crippen LogP contribution < -0.4 is 15.0 Å². The predicted molar refractivity (Wildman–Crippen MR) is 169 cm³/mol. The number of aromatic nitrogens is 5. The first-order valence-corrected chi connectivity index (χ1v) is 15.7. The number of anilines is 2. The maximum Gasteiger partial charge on any atom is 0.258 e. The van der Waals surface area contributed by atoms with Crippen molar-refractivity contribution in [2.24, 2.45) is 18.9 Å². The molecule has 1 atom stereocenters. The van der Waals surface area contributed by atoms with Gasteiger partial charge in [-0.05, 0) is 102 Å². The molecule has 226 valence electrons. The number of carbonyl (C=O) groups excluding carboxylic acids is 1. The molecule has 0 spiro atoms. The number of ether oxygens (including phenoxy) is 1. The summed E-state index contributed by atoms with van der Waals surface area (Å²) >= 11 is 0. The highest BCUT2D eigenvalue weighted by molar-refractivity contribution is 6.05. The Morgan fingerprint density at radius 3 is 2.63 bits per heavy atom. The van der Waals surface area contributed by atoms with Crippen molar-refractivity contribution in [3.8, 4) is 17.1 Å². The normalized spacial score (nSPS) is 19.3. The van der Waals surface area contributed by atoms with Gasteiger partial charge in [0.05, 0.1) is 35.1 Å². The molecule has 3 aliphatic rings. The number of rotatable bonds is 6. The lowest BCUT2D eigenvalue weighted by Crippen LogP contribution is -2.33. The predicted octanol–water partition coefficient (Wildman–Crippen LogP) is 5.12. The van der Waals surface area contributed by atoms with Gasteiger partial charge in [0.1, 0.15) is 0 Å². The van der Waals surface area contributed by atoms with Crippen molar-refractivity contribution < 1.29 is 9.53 Å². The Kier molecular flexibility index (Phi) is 7.33. The number of imidazole rings is 1. The van der Waals surface area contributed by atoms with E-state index in [1.807, 2.05) is 26.1 Å². The molecule has 0 saturated heterocycles. The molecule has 1 N–H and O–H groups in total. The van der Waals surface area contributed by atoms with Gasteiger partial charge in [0, 0.05) is 49.7 Å². The van der Waals surface area contributed by atoms with Crippen molar-refractivity contribution in [2.45, 2.75) is 58.0 Å². The molecule has 4 aromatic rings. The molecule has 3 aromatic heterocycles. The molecule has 0 radical (unpaired) electrons. The Labute approximate surface area is 253 Å². The van der Waals surface area contributed by atoms with Crippen LogP contribution in [-0.4, -0.2) is 75.0 Å². The fourth-order valence-corrected chi connectivity index (χ4v) is 6.46. The van der Waals surface area contributed by atoms with Gasteiger partial charge < -0.3 is 19.1 Å². The van der Waals surface area contributed by atoms with Gasteiger partial charge in [-0.15, -0.1) is 0 Å². The third-order valence-electron chi connectivity index (χ3n) is 9.10. The molecule has 2 bridgehead atoms. The van der Waals surface area contributed by atoms with E-state index in [1.165, 1.54) is 31.4 Å². The SMILES string of the molecule is Cc1cc2cc(n1)-c1cnn(C)c1OCCCC(C1CC1)Cn1c(nc3ccc(N(CCN(C)C)C4CC4)cc31)NC2=O. The first kappa shape index (κ1) is 27.9. The summed E-state index contributed by atoms with van der Waals surface area (Å²) in [5, 5.41) is 7.64. The van der Waals surface area contributed by atoms with Crippen LogP contribution in [0.5, 0.6) is 5.88 Å². The van der Waals surface area contributed by atoms with Crippen LogP contribution >= 0.6 is 0 Å². The van der Waals surface area contributed by atoms with Crippen molar-refractivity contribution in [1.29, 1.82) is 0 Å². The van der Waals surface area contributed by atoms with E-state index in [9.17, 15) is 4.79 Å². The Morgan fingerprint density at radius 1 is 1.02 bits per heavy atom. The zero-order valence-electron chi connectivity index (χ0n) is 25.7. The van der Waals surface area contributed by atoms with Crippen LogP contribution in [0.3, 0.4) is 0 Å². The van der Waals surface area contributed by atoms with Crippen LogP contribution in [-0.2, 0) is 13.6 Å². The lowest BCUT2D eigenvalue weighted by atomic mass is 9.97. The summed E-state index contributed by atoms with van der Waals surface area (Å²) in [7, 11) is 6.14. The Balaban J connectivity index is 1.30. The number of aryl methyl sites for hydroxylation is 2. The van der Waals surface area contributed by atoms with Gasteiger partial charge in [0.2, 0.25) is 11.8 Å². The molecule has 2 aliphatic carbocycles. The largest absolute Gasteiger partial charge is 0.477 e. The molecular weight excluding hydrogens is 540 g/mol. The molecular formula is C33H42N8O2. The highest BCUT2D eigenvalue weighted by Gasteiger charge is 2.33. The van der Waals surface area contributed by atoms with E-state index in [0.717, 1.165) is 54.8 Å². The number of nitrogens with zero attached hydrogens (tertiary/aromatic N) is 7. The molecule has 43 heavy (non-hydrogen) atoms. The van der Waals surface area contributed by atoms with E-state index in [2.05, 4.69) is 57.1 Å². The summed E-state index contributed by atoms with van der Waals surface area (Å²) < 4.78 is 10.3. The highest BCUT2D eigenvalue weighted by atomic mass is 16.5. The number of likely N-dealkylation sites (N-methyl/N-ethyl adjacent to an activating group) is 1. The number of amides is 1. The lowest BCUT2D eigenvalue weighted by molar-refractivity contribution is 0.102. The summed E-state index contributed by atoms with van der Waals surface area (Å²) in [4.78, 5) is 28.3. The fraction of sp³-hybridized carbons (Fsp3) is 0.515. The molecule has 1 aromatic carbocycles. The number of fused-ring (bicyclic) bond motifs is 7. The van der Waals surface area contributed by atoms with Crippen molar-refractivity contribution >= 4 is 28.6 Å². The minimum Gasteiger partial charge on any atom is -0.477 e. The molecule has 2 saturated carbocycles. The van der Waals surface area contributed by atoms with Gasteiger partial charge in [0.25, 0.3) is 5.91 Å². The minimum atomic E-state index is -0.196. The number of hydrogen-bond acceptors (Lipinski definition) is 7. The van der Waals surface area contributed by atoms with Crippen LogP contribution in [0, 0.1) is 18.8 Å². The zero-order valence-corrected chi connectivity index (χ0v) is 25.7. The summed E-state index contributed by atoms with van der Waals surface area (Å²) in [6.45, 7) is 5.33. The van der Waals surface area contributed by atoms with Crippen LogP contribution in [0.15, 0.2) is 36.5 Å². The molecule has 1 aliphatic heterocycles. The molecule has 2 fully saturated rings. The second kappa shape index (κ2) is 11.3. The van der Waals surface area contributed by atoms with Crippen LogP contribution in [0.1, 0.15) is 54.6 Å². The number of pyridine rings is 1. The summed E-state index contributed by atoms with van der Waals surface area (Å²) in [5.74, 6) is 2.27. The minimum absolute atomic E-state index is 0.196. The smallest absolute Gasteiger partial charge is 0.258 e. The zero-order chi connectivity index (χ0) is 29.7. The van der Waals surface area contributed by atoms with Gasteiger partial charge in [-0.1, -0.05) is 0 Å². The summed E-state index contributed by atoms with van der Waals surface area (Å²) in [5.41, 5.74) is 5.99. The first-order valence-electron chi connectivity index (χ1n) is 15.7. The molecule has 1 unspecified atom stereocenters. The molecule has 7 rings (SSSR count). The third-order valence-corrected chi connectivity index (χ3v) is 9.10. The number of carbonyl (C=O) groups is 1. The highest BCUT2D eigenvalue weighted by Crippen LogP contribution is 2.42. The summed E-state index contributed by atoms with van der Waals surface area (Å²) in [6.07, 6.45) is 8.76. The quantitative estimate of drug-likeness (QED) is 0.337. The second-order valence-corrected chi connectivity index (χ2v) is 12.9. The van der Waals surface area contributed by atoms with Crippen LogP contribution in [0.25, 0.3) is 22.3 Å². The van der Waals surface area contributed by atoms with E-state index in [-0.39, 0.29) is 5.91 Å². The monoisotopic (exact) mass is 582 g/mol. The van der Waals surface area contributed by atoms with Crippen LogP contribution in [0.4, 0.5) is 11.6 Å². The van der Waals surface area contributed by atoms with Crippen molar-refractivity contribution in [3.05, 3.63) is 47.8 Å². The van der Waals surface area contributed by atoms with Crippen molar-refractivity contribution in [3.63, 3.8) is 0 Å². The second-order valence-electron chi connectivity index (χ2n) is 12.9. The molecule has 10 nitrogen and oxygen atoms in total. The maximum absolute atomic E-state index is 13.8. The van der Waals surface area contributed by atoms with E-state index >= 15 is 0 Å².